The third-order valence-corrected chi connectivity index (χ3v) is 3.55. The van der Waals surface area contributed by atoms with Crippen LogP contribution in [0, 0.1) is 17.0 Å². The van der Waals surface area contributed by atoms with Crippen molar-refractivity contribution >= 4 is 22.9 Å². The summed E-state index contributed by atoms with van der Waals surface area (Å²) in [6.07, 6.45) is 1.95. The third kappa shape index (κ3) is 3.86. The Hall–Kier alpha value is -2.28. The first kappa shape index (κ1) is 14.1. The van der Waals surface area contributed by atoms with E-state index in [4.69, 9.17) is 0 Å². The van der Waals surface area contributed by atoms with E-state index in [1.807, 2.05) is 6.92 Å². The van der Waals surface area contributed by atoms with E-state index < -0.39 is 4.92 Å². The molecular weight excluding hydrogens is 278 g/mol. The normalized spacial score (nSPS) is 10.2. The lowest BCUT2D eigenvalue weighted by Gasteiger charge is -2.03. The Kier molecular flexibility index (Phi) is 4.41. The predicted molar refractivity (Wildman–Crippen MR) is 75.5 cm³/mol. The zero-order valence-electron chi connectivity index (χ0n) is 10.8. The number of non-ortho nitro benzene ring substituents is 1. The first-order valence-corrected chi connectivity index (χ1v) is 6.77. The van der Waals surface area contributed by atoms with E-state index in [1.165, 1.54) is 12.1 Å². The number of hydrogen-bond acceptors (Lipinski definition) is 5. The minimum Gasteiger partial charge on any atom is -0.351 e. The van der Waals surface area contributed by atoms with Crippen molar-refractivity contribution in [3.05, 3.63) is 56.0 Å². The maximum absolute atomic E-state index is 11.8. The number of carbonyl (C=O) groups is 1. The van der Waals surface area contributed by atoms with Crippen LogP contribution in [0.4, 0.5) is 5.69 Å². The monoisotopic (exact) mass is 291 g/mol. The first-order valence-electron chi connectivity index (χ1n) is 5.96. The quantitative estimate of drug-likeness (QED) is 0.676. The van der Waals surface area contributed by atoms with Crippen molar-refractivity contribution in [1.82, 2.24) is 10.3 Å². The Bertz CT molecular complexity index is 622. The molecule has 20 heavy (non-hydrogen) atoms. The molecule has 2 aromatic rings. The molecule has 1 heterocycles. The highest BCUT2D eigenvalue weighted by atomic mass is 32.1. The molecule has 1 N–H and O–H groups in total. The average molecular weight is 291 g/mol. The molecule has 1 aromatic carbocycles. The average Bonchev–Trinajstić information content (AvgIpc) is 2.83. The molecule has 104 valence electrons. The highest BCUT2D eigenvalue weighted by Crippen LogP contribution is 2.13. The van der Waals surface area contributed by atoms with Crippen molar-refractivity contribution in [2.45, 2.75) is 19.9 Å². The molecule has 0 radical (unpaired) electrons. The van der Waals surface area contributed by atoms with Crippen molar-refractivity contribution in [3.63, 3.8) is 0 Å². The second-order valence-corrected chi connectivity index (χ2v) is 5.54. The van der Waals surface area contributed by atoms with Crippen molar-refractivity contribution < 1.29 is 9.72 Å². The van der Waals surface area contributed by atoms with Crippen LogP contribution in [0.15, 0.2) is 30.5 Å². The summed E-state index contributed by atoms with van der Waals surface area (Å²) in [6, 6.07) is 5.98. The van der Waals surface area contributed by atoms with Gasteiger partial charge in [-0.25, -0.2) is 4.98 Å². The molecule has 0 atom stereocenters. The maximum Gasteiger partial charge on any atom is 0.269 e. The van der Waals surface area contributed by atoms with Crippen LogP contribution in [0.3, 0.4) is 0 Å². The fraction of sp³-hybridized carbons (Fsp3) is 0.231. The molecule has 6 nitrogen and oxygen atoms in total. The second kappa shape index (κ2) is 6.25. The summed E-state index contributed by atoms with van der Waals surface area (Å²) in [5.74, 6) is -0.120. The summed E-state index contributed by atoms with van der Waals surface area (Å²) in [7, 11) is 0. The number of benzene rings is 1. The van der Waals surface area contributed by atoms with Crippen LogP contribution < -0.4 is 5.32 Å². The standard InChI is InChI=1S/C13H13N3O3S/c1-9-14-7-12(20-9)8-15-13(17)6-10-2-4-11(5-3-10)16(18)19/h2-5,7H,6,8H2,1H3,(H,15,17). The SMILES string of the molecule is Cc1ncc(CNC(=O)Cc2ccc([N+](=O)[O-])cc2)s1. The molecule has 1 aromatic heterocycles. The van der Waals surface area contributed by atoms with Gasteiger partial charge in [0.25, 0.3) is 5.69 Å². The van der Waals surface area contributed by atoms with E-state index in [9.17, 15) is 14.9 Å². The first-order chi connectivity index (χ1) is 9.54. The fourth-order valence-corrected chi connectivity index (χ4v) is 2.39. The van der Waals surface area contributed by atoms with Crippen LogP contribution in [0.1, 0.15) is 15.4 Å². The van der Waals surface area contributed by atoms with Crippen LogP contribution in [0.25, 0.3) is 0 Å². The van der Waals surface area contributed by atoms with Gasteiger partial charge >= 0.3 is 0 Å². The predicted octanol–water partition coefficient (Wildman–Crippen LogP) is 2.22. The van der Waals surface area contributed by atoms with E-state index in [1.54, 1.807) is 29.7 Å². The largest absolute Gasteiger partial charge is 0.351 e. The number of rotatable bonds is 5. The third-order valence-electron chi connectivity index (χ3n) is 2.64. The van der Waals surface area contributed by atoms with Gasteiger partial charge in [0.1, 0.15) is 0 Å². The van der Waals surface area contributed by atoms with Gasteiger partial charge < -0.3 is 5.32 Å². The van der Waals surface area contributed by atoms with E-state index in [-0.39, 0.29) is 18.0 Å². The van der Waals surface area contributed by atoms with Gasteiger partial charge in [-0.1, -0.05) is 12.1 Å². The van der Waals surface area contributed by atoms with Crippen LogP contribution in [-0.2, 0) is 17.8 Å². The Morgan fingerprint density at radius 3 is 2.65 bits per heavy atom. The number of hydrogen-bond donors (Lipinski definition) is 1. The lowest BCUT2D eigenvalue weighted by molar-refractivity contribution is -0.384. The molecular formula is C13H13N3O3S. The molecule has 0 aliphatic rings. The summed E-state index contributed by atoms with van der Waals surface area (Å²) in [5.41, 5.74) is 0.767. The molecule has 0 aliphatic heterocycles. The zero-order chi connectivity index (χ0) is 14.5. The van der Waals surface area contributed by atoms with Crippen molar-refractivity contribution in [1.29, 1.82) is 0 Å². The molecule has 0 saturated heterocycles. The maximum atomic E-state index is 11.8. The van der Waals surface area contributed by atoms with Gasteiger partial charge in [-0.3, -0.25) is 14.9 Å². The molecule has 7 heteroatoms. The van der Waals surface area contributed by atoms with Crippen LogP contribution >= 0.6 is 11.3 Å². The molecule has 0 unspecified atom stereocenters. The smallest absolute Gasteiger partial charge is 0.269 e. The van der Waals surface area contributed by atoms with Gasteiger partial charge in [0.05, 0.1) is 22.9 Å². The number of amides is 1. The number of nitrogens with zero attached hydrogens (tertiary/aromatic N) is 2. The van der Waals surface area contributed by atoms with Gasteiger partial charge in [0, 0.05) is 23.2 Å². The summed E-state index contributed by atoms with van der Waals surface area (Å²) < 4.78 is 0. The molecule has 0 spiro atoms. The van der Waals surface area contributed by atoms with Crippen molar-refractivity contribution in [2.24, 2.45) is 0 Å². The molecule has 0 aliphatic carbocycles. The Balaban J connectivity index is 1.86. The van der Waals surface area contributed by atoms with Gasteiger partial charge in [0.2, 0.25) is 5.91 Å². The Morgan fingerprint density at radius 2 is 2.10 bits per heavy atom. The highest BCUT2D eigenvalue weighted by molar-refractivity contribution is 7.11. The molecule has 0 saturated carbocycles. The number of carbonyl (C=O) groups excluding carboxylic acids is 1. The number of nitrogens with one attached hydrogen (secondary N) is 1. The van der Waals surface area contributed by atoms with Gasteiger partial charge in [0.15, 0.2) is 0 Å². The summed E-state index contributed by atoms with van der Waals surface area (Å²) >= 11 is 1.54. The van der Waals surface area contributed by atoms with E-state index in [0.29, 0.717) is 6.54 Å². The second-order valence-electron chi connectivity index (χ2n) is 4.22. The highest BCUT2D eigenvalue weighted by Gasteiger charge is 2.07. The summed E-state index contributed by atoms with van der Waals surface area (Å²) in [6.45, 7) is 2.37. The number of aromatic nitrogens is 1. The van der Waals surface area contributed by atoms with Crippen molar-refractivity contribution in [3.8, 4) is 0 Å². The number of aryl methyl sites for hydroxylation is 1. The van der Waals surface area contributed by atoms with Crippen LogP contribution in [0.2, 0.25) is 0 Å². The van der Waals surface area contributed by atoms with Gasteiger partial charge in [-0.2, -0.15) is 0 Å². The number of nitro groups is 1. The van der Waals surface area contributed by atoms with Crippen LogP contribution in [0.5, 0.6) is 0 Å². The number of nitro benzene ring substituents is 1. The topological polar surface area (TPSA) is 85.1 Å². The lowest BCUT2D eigenvalue weighted by Crippen LogP contribution is -2.24. The summed E-state index contributed by atoms with van der Waals surface area (Å²) in [4.78, 5) is 26.9. The molecule has 0 fully saturated rings. The van der Waals surface area contributed by atoms with Crippen molar-refractivity contribution in [2.75, 3.05) is 0 Å². The van der Waals surface area contributed by atoms with Gasteiger partial charge in [-0.15, -0.1) is 11.3 Å². The van der Waals surface area contributed by atoms with E-state index >= 15 is 0 Å². The van der Waals surface area contributed by atoms with Crippen LogP contribution in [-0.4, -0.2) is 15.8 Å². The molecule has 1 amide bonds. The fourth-order valence-electron chi connectivity index (χ4n) is 1.66. The lowest BCUT2D eigenvalue weighted by atomic mass is 10.1. The van der Waals surface area contributed by atoms with E-state index in [2.05, 4.69) is 10.3 Å². The van der Waals surface area contributed by atoms with E-state index in [0.717, 1.165) is 15.4 Å². The molecule has 2 rings (SSSR count). The minimum atomic E-state index is -0.462. The summed E-state index contributed by atoms with van der Waals surface area (Å²) in [5, 5.41) is 14.3. The Morgan fingerprint density at radius 1 is 1.40 bits per heavy atom. The Labute approximate surface area is 119 Å². The molecule has 0 bridgehead atoms. The minimum absolute atomic E-state index is 0.0225. The zero-order valence-corrected chi connectivity index (χ0v) is 11.6. The number of thiazole rings is 1. The van der Waals surface area contributed by atoms with Gasteiger partial charge in [-0.05, 0) is 12.5 Å².